The van der Waals surface area contributed by atoms with Gasteiger partial charge in [0.1, 0.15) is 6.04 Å². The molecule has 0 aromatic heterocycles. The highest BCUT2D eigenvalue weighted by Crippen LogP contribution is 2.34. The number of ether oxygens (including phenoxy) is 1. The van der Waals surface area contributed by atoms with Crippen molar-refractivity contribution in [3.63, 3.8) is 0 Å². The van der Waals surface area contributed by atoms with Crippen LogP contribution < -0.4 is 5.32 Å². The van der Waals surface area contributed by atoms with E-state index in [1.807, 2.05) is 42.5 Å². The van der Waals surface area contributed by atoms with Gasteiger partial charge in [-0.05, 0) is 38.6 Å². The van der Waals surface area contributed by atoms with Crippen molar-refractivity contribution in [2.24, 2.45) is 0 Å². The van der Waals surface area contributed by atoms with Crippen molar-refractivity contribution in [3.8, 4) is 0 Å². The van der Waals surface area contributed by atoms with E-state index in [-0.39, 0.29) is 5.97 Å². The summed E-state index contributed by atoms with van der Waals surface area (Å²) in [5.41, 5.74) is 2.02. The molecule has 5 aromatic rings. The van der Waals surface area contributed by atoms with Crippen LogP contribution in [0, 0.1) is 0 Å². The third-order valence-corrected chi connectivity index (χ3v) is 5.88. The second kappa shape index (κ2) is 8.11. The number of nitrogens with one attached hydrogen (secondary N) is 1. The molecule has 3 heteroatoms. The monoisotopic (exact) mass is 405 g/mol. The average Bonchev–Trinajstić information content (AvgIpc) is 2.83. The number of esters is 1. The molecule has 3 nitrogen and oxygen atoms in total. The molecular formula is C28H23NO2. The van der Waals surface area contributed by atoms with E-state index in [1.54, 1.807) is 0 Å². The van der Waals surface area contributed by atoms with Crippen molar-refractivity contribution in [2.75, 3.05) is 12.4 Å². The number of benzene rings is 5. The Bertz CT molecular complexity index is 1390. The molecule has 0 fully saturated rings. The Kier molecular flexibility index (Phi) is 5.01. The normalized spacial score (nSPS) is 12.2. The van der Waals surface area contributed by atoms with Gasteiger partial charge in [-0.2, -0.15) is 0 Å². The van der Waals surface area contributed by atoms with Gasteiger partial charge in [-0.25, -0.2) is 4.79 Å². The number of hydrogen-bond acceptors (Lipinski definition) is 3. The average molecular weight is 405 g/mol. The second-order valence-electron chi connectivity index (χ2n) is 7.76. The van der Waals surface area contributed by atoms with Gasteiger partial charge in [0.25, 0.3) is 0 Å². The lowest BCUT2D eigenvalue weighted by atomic mass is 9.96. The van der Waals surface area contributed by atoms with Crippen LogP contribution in [0.4, 0.5) is 5.69 Å². The molecule has 5 aromatic carbocycles. The molecular weight excluding hydrogens is 382 g/mol. The summed E-state index contributed by atoms with van der Waals surface area (Å²) in [6, 6.07) is 32.9. The second-order valence-corrected chi connectivity index (χ2v) is 7.76. The molecule has 31 heavy (non-hydrogen) atoms. The Morgan fingerprint density at radius 1 is 0.710 bits per heavy atom. The molecule has 152 valence electrons. The zero-order valence-electron chi connectivity index (χ0n) is 17.3. The number of carbonyl (C=O) groups is 1. The third kappa shape index (κ3) is 3.59. The maximum atomic E-state index is 12.5. The van der Waals surface area contributed by atoms with Crippen LogP contribution in [-0.2, 0) is 16.0 Å². The van der Waals surface area contributed by atoms with Crippen LogP contribution in [-0.4, -0.2) is 19.1 Å². The maximum Gasteiger partial charge on any atom is 0.328 e. The number of anilines is 1. The highest BCUT2D eigenvalue weighted by molar-refractivity contribution is 6.19. The fourth-order valence-electron chi connectivity index (χ4n) is 4.36. The molecule has 1 N–H and O–H groups in total. The molecule has 0 aliphatic carbocycles. The van der Waals surface area contributed by atoms with Crippen molar-refractivity contribution in [1.29, 1.82) is 0 Å². The summed E-state index contributed by atoms with van der Waals surface area (Å²) in [4.78, 5) is 12.5. The molecule has 0 bridgehead atoms. The molecule has 0 saturated heterocycles. The Hall–Kier alpha value is -3.85. The lowest BCUT2D eigenvalue weighted by molar-refractivity contribution is -0.141. The molecule has 5 rings (SSSR count). The molecule has 0 aliphatic rings. The Balaban J connectivity index is 1.59. The summed E-state index contributed by atoms with van der Waals surface area (Å²) in [5, 5.41) is 10.6. The van der Waals surface area contributed by atoms with Crippen molar-refractivity contribution < 1.29 is 9.53 Å². The van der Waals surface area contributed by atoms with Gasteiger partial charge in [0.15, 0.2) is 0 Å². The Morgan fingerprint density at radius 2 is 1.35 bits per heavy atom. The molecule has 0 amide bonds. The van der Waals surface area contributed by atoms with Gasteiger partial charge in [0.2, 0.25) is 0 Å². The van der Waals surface area contributed by atoms with Gasteiger partial charge in [-0.3, -0.25) is 0 Å². The minimum atomic E-state index is -0.467. The number of methoxy groups -OCH3 is 1. The summed E-state index contributed by atoms with van der Waals surface area (Å²) in [6.07, 6.45) is 0.558. The van der Waals surface area contributed by atoms with Gasteiger partial charge >= 0.3 is 5.97 Å². The topological polar surface area (TPSA) is 38.3 Å². The first kappa shape index (κ1) is 19.1. The van der Waals surface area contributed by atoms with Gasteiger partial charge in [0.05, 0.1) is 7.11 Å². The fourth-order valence-corrected chi connectivity index (χ4v) is 4.36. The zero-order valence-corrected chi connectivity index (χ0v) is 17.3. The molecule has 1 atom stereocenters. The van der Waals surface area contributed by atoms with Crippen molar-refractivity contribution in [2.45, 2.75) is 12.5 Å². The predicted octanol–water partition coefficient (Wildman–Crippen LogP) is 6.34. The van der Waals surface area contributed by atoms with E-state index in [4.69, 9.17) is 4.74 Å². The first-order valence-electron chi connectivity index (χ1n) is 10.5. The molecule has 0 unspecified atom stereocenters. The van der Waals surface area contributed by atoms with Gasteiger partial charge in [-0.15, -0.1) is 0 Å². The van der Waals surface area contributed by atoms with Gasteiger partial charge in [-0.1, -0.05) is 91.0 Å². The number of fused-ring (bicyclic) bond motifs is 5. The first-order valence-corrected chi connectivity index (χ1v) is 10.5. The van der Waals surface area contributed by atoms with Crippen LogP contribution >= 0.6 is 0 Å². The SMILES string of the molecule is COC(=O)[C@H](Cc1ccccc1)Nc1cccc2c1ccc1c3ccccc3ccc21. The van der Waals surface area contributed by atoms with E-state index < -0.39 is 6.04 Å². The summed E-state index contributed by atoms with van der Waals surface area (Å²) in [6.45, 7) is 0. The summed E-state index contributed by atoms with van der Waals surface area (Å²) in [7, 11) is 1.43. The Labute approximate surface area is 181 Å². The smallest absolute Gasteiger partial charge is 0.328 e. The van der Waals surface area contributed by atoms with Gasteiger partial charge < -0.3 is 10.1 Å². The Morgan fingerprint density at radius 3 is 2.19 bits per heavy atom. The minimum absolute atomic E-state index is 0.271. The van der Waals surface area contributed by atoms with Crippen LogP contribution in [0.15, 0.2) is 97.1 Å². The van der Waals surface area contributed by atoms with Crippen LogP contribution in [0.3, 0.4) is 0 Å². The number of rotatable bonds is 5. The lowest BCUT2D eigenvalue weighted by Gasteiger charge is -2.20. The number of hydrogen-bond donors (Lipinski definition) is 1. The van der Waals surface area contributed by atoms with Crippen molar-refractivity contribution >= 4 is 44.0 Å². The molecule has 0 saturated carbocycles. The minimum Gasteiger partial charge on any atom is -0.467 e. The highest BCUT2D eigenvalue weighted by atomic mass is 16.5. The highest BCUT2D eigenvalue weighted by Gasteiger charge is 2.20. The predicted molar refractivity (Wildman–Crippen MR) is 129 cm³/mol. The van der Waals surface area contributed by atoms with Crippen molar-refractivity contribution in [3.05, 3.63) is 103 Å². The first-order chi connectivity index (χ1) is 15.2. The van der Waals surface area contributed by atoms with Crippen LogP contribution in [0.1, 0.15) is 5.56 Å². The standard InChI is InChI=1S/C28H23NO2/c1-31-28(30)27(18-19-8-3-2-4-9-19)29-26-13-7-12-22-24-15-14-20-10-5-6-11-21(20)23(24)16-17-25(22)26/h2-17,27,29H,18H2,1H3/t27-/m0/s1. The summed E-state index contributed by atoms with van der Waals surface area (Å²) in [5.74, 6) is -0.271. The molecule has 0 aliphatic heterocycles. The number of carbonyl (C=O) groups excluding carboxylic acids is 1. The largest absolute Gasteiger partial charge is 0.467 e. The zero-order chi connectivity index (χ0) is 21.2. The van der Waals surface area contributed by atoms with E-state index >= 15 is 0 Å². The van der Waals surface area contributed by atoms with Gasteiger partial charge in [0, 0.05) is 17.5 Å². The molecule has 0 spiro atoms. The van der Waals surface area contributed by atoms with Crippen LogP contribution in [0.25, 0.3) is 32.3 Å². The van der Waals surface area contributed by atoms with E-state index in [1.165, 1.54) is 28.7 Å². The van der Waals surface area contributed by atoms with E-state index in [2.05, 4.69) is 59.9 Å². The lowest BCUT2D eigenvalue weighted by Crippen LogP contribution is -2.32. The summed E-state index contributed by atoms with van der Waals surface area (Å²) < 4.78 is 5.09. The summed E-state index contributed by atoms with van der Waals surface area (Å²) >= 11 is 0. The quantitative estimate of drug-likeness (QED) is 0.274. The van der Waals surface area contributed by atoms with E-state index in [0.29, 0.717) is 6.42 Å². The molecule has 0 heterocycles. The van der Waals surface area contributed by atoms with E-state index in [9.17, 15) is 4.79 Å². The fraction of sp³-hybridized carbons (Fsp3) is 0.107. The van der Waals surface area contributed by atoms with Crippen LogP contribution in [0.2, 0.25) is 0 Å². The molecule has 0 radical (unpaired) electrons. The van der Waals surface area contributed by atoms with Crippen LogP contribution in [0.5, 0.6) is 0 Å². The van der Waals surface area contributed by atoms with E-state index in [0.717, 1.165) is 22.0 Å². The van der Waals surface area contributed by atoms with Crippen molar-refractivity contribution in [1.82, 2.24) is 0 Å². The maximum absolute atomic E-state index is 12.5. The third-order valence-electron chi connectivity index (χ3n) is 5.88.